The van der Waals surface area contributed by atoms with E-state index in [1.165, 1.54) is 0 Å². The van der Waals surface area contributed by atoms with Crippen LogP contribution in [0, 0.1) is 17.8 Å². The second kappa shape index (κ2) is 12.6. The minimum atomic E-state index is -0.692. The van der Waals surface area contributed by atoms with E-state index in [1.54, 1.807) is 18.7 Å². The summed E-state index contributed by atoms with van der Waals surface area (Å²) in [5.74, 6) is -0.0123. The molecule has 1 saturated heterocycles. The molecule has 2 saturated carbocycles. The van der Waals surface area contributed by atoms with Crippen molar-refractivity contribution in [1.29, 1.82) is 0 Å². The summed E-state index contributed by atoms with van der Waals surface area (Å²) in [4.78, 5) is 41.3. The summed E-state index contributed by atoms with van der Waals surface area (Å²) in [6, 6.07) is -1.91. The molecule has 198 valence electrons. The van der Waals surface area contributed by atoms with Crippen molar-refractivity contribution < 1.29 is 24.3 Å². The lowest BCUT2D eigenvalue weighted by Gasteiger charge is -2.36. The predicted octanol–water partition coefficient (Wildman–Crippen LogP) is 2.51. The fraction of sp³-hybridized carbons (Fsp3) is 0.840. The SMILES string of the molecule is CC(C)OC(=O)N[C@@H](C(=O)N1CCC[C@H]1C(=O)C(N)C1CCC(/C(N)=N\O)CC1)C1CCCCC1. The molecule has 0 spiro atoms. The molecule has 10 nitrogen and oxygen atoms in total. The molecule has 0 aromatic carbocycles. The van der Waals surface area contributed by atoms with Gasteiger partial charge in [-0.05, 0) is 77.0 Å². The minimum Gasteiger partial charge on any atom is -0.447 e. The average Bonchev–Trinajstić information content (AvgIpc) is 3.35. The van der Waals surface area contributed by atoms with Crippen molar-refractivity contribution in [3.8, 4) is 0 Å². The van der Waals surface area contributed by atoms with Gasteiger partial charge in [-0.1, -0.05) is 24.4 Å². The third-order valence-electron chi connectivity index (χ3n) is 8.01. The van der Waals surface area contributed by atoms with Crippen molar-refractivity contribution in [2.75, 3.05) is 6.54 Å². The number of ketones is 1. The van der Waals surface area contributed by atoms with E-state index in [1.807, 2.05) is 0 Å². The number of alkyl carbamates (subject to hydrolysis) is 1. The standard InChI is InChI=1S/C25H43N5O5/c1-15(2)35-25(33)28-21(17-7-4-3-5-8-17)24(32)30-14-6-9-19(30)22(31)20(26)16-10-12-18(13-11-16)23(27)29-34/h15-21,34H,3-14,26H2,1-2H3,(H2,27,29)(H,28,33)/t16?,18?,19-,20?,21+/m0/s1. The molecule has 1 aliphatic heterocycles. The van der Waals surface area contributed by atoms with Crippen LogP contribution in [0.1, 0.15) is 84.5 Å². The number of nitrogens with two attached hydrogens (primary N) is 2. The number of likely N-dealkylation sites (tertiary alicyclic amines) is 1. The number of carbonyl (C=O) groups is 3. The number of amidine groups is 1. The van der Waals surface area contributed by atoms with Gasteiger partial charge in [0, 0.05) is 12.5 Å². The van der Waals surface area contributed by atoms with Gasteiger partial charge in [0.05, 0.1) is 18.2 Å². The Morgan fingerprint density at radius 2 is 1.63 bits per heavy atom. The zero-order chi connectivity index (χ0) is 25.5. The topological polar surface area (TPSA) is 160 Å². The molecule has 0 aromatic rings. The smallest absolute Gasteiger partial charge is 0.408 e. The first-order valence-corrected chi connectivity index (χ1v) is 13.3. The highest BCUT2D eigenvalue weighted by atomic mass is 16.6. The summed E-state index contributed by atoms with van der Waals surface area (Å²) < 4.78 is 5.27. The van der Waals surface area contributed by atoms with E-state index in [4.69, 9.17) is 21.4 Å². The van der Waals surface area contributed by atoms with Crippen LogP contribution >= 0.6 is 0 Å². The molecule has 0 bridgehead atoms. The molecule has 3 fully saturated rings. The highest BCUT2D eigenvalue weighted by Gasteiger charge is 2.43. The first-order valence-electron chi connectivity index (χ1n) is 13.3. The van der Waals surface area contributed by atoms with E-state index in [0.29, 0.717) is 13.0 Å². The van der Waals surface area contributed by atoms with Crippen molar-refractivity contribution in [2.45, 2.75) is 109 Å². The lowest BCUT2D eigenvalue weighted by atomic mass is 9.76. The van der Waals surface area contributed by atoms with E-state index in [0.717, 1.165) is 64.2 Å². The van der Waals surface area contributed by atoms with Crippen molar-refractivity contribution in [2.24, 2.45) is 34.4 Å². The second-order valence-electron chi connectivity index (χ2n) is 10.7. The fourth-order valence-corrected chi connectivity index (χ4v) is 6.04. The molecule has 35 heavy (non-hydrogen) atoms. The molecule has 1 heterocycles. The van der Waals surface area contributed by atoms with Gasteiger partial charge in [0.2, 0.25) is 5.91 Å². The number of oxime groups is 1. The third kappa shape index (κ3) is 6.86. The number of ether oxygens (including phenoxy) is 1. The molecule has 3 atom stereocenters. The number of rotatable bonds is 8. The molecule has 10 heteroatoms. The van der Waals surface area contributed by atoms with Gasteiger partial charge in [-0.25, -0.2) is 4.79 Å². The Morgan fingerprint density at radius 3 is 2.23 bits per heavy atom. The van der Waals surface area contributed by atoms with Gasteiger partial charge in [0.1, 0.15) is 11.9 Å². The van der Waals surface area contributed by atoms with Gasteiger partial charge in [-0.2, -0.15) is 0 Å². The Balaban J connectivity index is 1.68. The summed E-state index contributed by atoms with van der Waals surface area (Å²) in [7, 11) is 0. The summed E-state index contributed by atoms with van der Waals surface area (Å²) in [5.41, 5.74) is 12.2. The van der Waals surface area contributed by atoms with Gasteiger partial charge in [-0.3, -0.25) is 9.59 Å². The van der Waals surface area contributed by atoms with E-state index in [-0.39, 0.29) is 41.4 Å². The minimum absolute atomic E-state index is 0.0102. The quantitative estimate of drug-likeness (QED) is 0.175. The van der Waals surface area contributed by atoms with Gasteiger partial charge in [-0.15, -0.1) is 0 Å². The van der Waals surface area contributed by atoms with Gasteiger partial charge in [0.15, 0.2) is 5.78 Å². The van der Waals surface area contributed by atoms with E-state index in [9.17, 15) is 14.4 Å². The van der Waals surface area contributed by atoms with Gasteiger partial charge in [0.25, 0.3) is 0 Å². The third-order valence-corrected chi connectivity index (χ3v) is 8.01. The Kier molecular flexibility index (Phi) is 9.77. The van der Waals surface area contributed by atoms with Crippen LogP contribution < -0.4 is 16.8 Å². The number of Topliss-reactive ketones (excluding diaryl/α,β-unsaturated/α-hetero) is 1. The van der Waals surface area contributed by atoms with Crippen LogP contribution in [0.4, 0.5) is 4.79 Å². The summed E-state index contributed by atoms with van der Waals surface area (Å²) >= 11 is 0. The van der Waals surface area contributed by atoms with Crippen molar-refractivity contribution >= 4 is 23.6 Å². The van der Waals surface area contributed by atoms with Crippen molar-refractivity contribution in [3.63, 3.8) is 0 Å². The largest absolute Gasteiger partial charge is 0.447 e. The zero-order valence-electron chi connectivity index (χ0n) is 21.2. The first kappa shape index (κ1) is 27.2. The molecule has 1 unspecified atom stereocenters. The number of hydrogen-bond acceptors (Lipinski definition) is 7. The molecule has 0 radical (unpaired) electrons. The molecule has 3 rings (SSSR count). The fourth-order valence-electron chi connectivity index (χ4n) is 6.04. The van der Waals surface area contributed by atoms with Crippen LogP contribution in [0.5, 0.6) is 0 Å². The molecule has 0 aromatic heterocycles. The van der Waals surface area contributed by atoms with E-state index < -0.39 is 24.2 Å². The highest BCUT2D eigenvalue weighted by Crippen LogP contribution is 2.33. The van der Waals surface area contributed by atoms with Gasteiger partial charge >= 0.3 is 6.09 Å². The molecule has 3 aliphatic rings. The number of amides is 2. The van der Waals surface area contributed by atoms with Crippen LogP contribution in [0.25, 0.3) is 0 Å². The lowest BCUT2D eigenvalue weighted by molar-refractivity contribution is -0.141. The highest BCUT2D eigenvalue weighted by molar-refractivity contribution is 5.95. The summed E-state index contributed by atoms with van der Waals surface area (Å²) in [6.07, 6.45) is 8.26. The van der Waals surface area contributed by atoms with Crippen molar-refractivity contribution in [3.05, 3.63) is 0 Å². The maximum atomic E-state index is 13.7. The first-order chi connectivity index (χ1) is 16.7. The number of nitrogens with zero attached hydrogens (tertiary/aromatic N) is 2. The maximum Gasteiger partial charge on any atom is 0.408 e. The van der Waals surface area contributed by atoms with E-state index >= 15 is 0 Å². The van der Waals surface area contributed by atoms with Gasteiger partial charge < -0.3 is 31.6 Å². The van der Waals surface area contributed by atoms with Crippen LogP contribution in [0.2, 0.25) is 0 Å². The van der Waals surface area contributed by atoms with Crippen LogP contribution in [0.15, 0.2) is 5.16 Å². The van der Waals surface area contributed by atoms with Crippen LogP contribution in [-0.2, 0) is 14.3 Å². The summed E-state index contributed by atoms with van der Waals surface area (Å²) in [6.45, 7) is 4.03. The monoisotopic (exact) mass is 493 g/mol. The Labute approximate surface area is 208 Å². The molecule has 6 N–H and O–H groups in total. The Morgan fingerprint density at radius 1 is 0.971 bits per heavy atom. The van der Waals surface area contributed by atoms with Crippen molar-refractivity contribution in [1.82, 2.24) is 10.2 Å². The predicted molar refractivity (Wildman–Crippen MR) is 132 cm³/mol. The zero-order valence-corrected chi connectivity index (χ0v) is 21.2. The Bertz CT molecular complexity index is 774. The maximum absolute atomic E-state index is 13.7. The molecule has 2 amide bonds. The number of carbonyl (C=O) groups excluding carboxylic acids is 3. The molecular formula is C25H43N5O5. The normalized spacial score (nSPS) is 27.9. The molecule has 2 aliphatic carbocycles. The average molecular weight is 494 g/mol. The number of hydrogen-bond donors (Lipinski definition) is 4. The lowest BCUT2D eigenvalue weighted by Crippen LogP contribution is -2.57. The second-order valence-corrected chi connectivity index (χ2v) is 10.7. The number of nitrogens with one attached hydrogen (secondary N) is 1. The summed E-state index contributed by atoms with van der Waals surface area (Å²) in [5, 5.41) is 14.9. The molecular weight excluding hydrogens is 450 g/mol. The Hall–Kier alpha value is -2.36. The van der Waals surface area contributed by atoms with Crippen LogP contribution in [-0.4, -0.2) is 64.5 Å². The van der Waals surface area contributed by atoms with Crippen LogP contribution in [0.3, 0.4) is 0 Å². The van der Waals surface area contributed by atoms with E-state index in [2.05, 4.69) is 10.5 Å².